The van der Waals surface area contributed by atoms with E-state index in [4.69, 9.17) is 4.98 Å². The van der Waals surface area contributed by atoms with Crippen molar-refractivity contribution in [3.8, 4) is 0 Å². The summed E-state index contributed by atoms with van der Waals surface area (Å²) in [5.41, 5.74) is 2.09. The third kappa shape index (κ3) is 2.57. The molecular weight excluding hydrogens is 248 g/mol. The van der Waals surface area contributed by atoms with Crippen molar-refractivity contribution in [2.45, 2.75) is 39.7 Å². The summed E-state index contributed by atoms with van der Waals surface area (Å²) < 4.78 is 2.35. The van der Waals surface area contributed by atoms with Crippen LogP contribution in [0.3, 0.4) is 0 Å². The Morgan fingerprint density at radius 1 is 1.35 bits per heavy atom. The van der Waals surface area contributed by atoms with E-state index in [1.54, 1.807) is 0 Å². The number of imidazole rings is 1. The van der Waals surface area contributed by atoms with E-state index in [0.29, 0.717) is 0 Å². The first kappa shape index (κ1) is 13.6. The Morgan fingerprint density at radius 2 is 2.25 bits per heavy atom. The van der Waals surface area contributed by atoms with Gasteiger partial charge in [0.15, 0.2) is 5.65 Å². The molecule has 2 aromatic rings. The summed E-state index contributed by atoms with van der Waals surface area (Å²) in [6.45, 7) is 9.14. The number of piperidine rings is 1. The van der Waals surface area contributed by atoms with Gasteiger partial charge in [-0.3, -0.25) is 0 Å². The highest BCUT2D eigenvalue weighted by Gasteiger charge is 2.21. The van der Waals surface area contributed by atoms with Crippen LogP contribution in [-0.2, 0) is 13.0 Å². The lowest BCUT2D eigenvalue weighted by Gasteiger charge is -2.32. The molecule has 2 aromatic heterocycles. The normalized spacial score (nSPS) is 20.6. The van der Waals surface area contributed by atoms with Crippen molar-refractivity contribution in [3.05, 3.63) is 24.2 Å². The van der Waals surface area contributed by atoms with Gasteiger partial charge in [0, 0.05) is 25.7 Å². The van der Waals surface area contributed by atoms with Crippen LogP contribution >= 0.6 is 0 Å². The molecule has 1 fully saturated rings. The highest BCUT2D eigenvalue weighted by molar-refractivity contribution is 5.71. The molecule has 0 saturated carbocycles. The van der Waals surface area contributed by atoms with E-state index in [1.807, 2.05) is 12.3 Å². The first-order chi connectivity index (χ1) is 9.81. The second-order valence-corrected chi connectivity index (χ2v) is 5.74. The molecule has 1 atom stereocenters. The Kier molecular flexibility index (Phi) is 4.01. The molecule has 1 aliphatic rings. The number of rotatable bonds is 4. The van der Waals surface area contributed by atoms with Crippen LogP contribution < -0.4 is 0 Å². The van der Waals surface area contributed by atoms with Gasteiger partial charge < -0.3 is 9.47 Å². The van der Waals surface area contributed by atoms with Crippen LogP contribution in [0.4, 0.5) is 0 Å². The predicted molar refractivity (Wildman–Crippen MR) is 81.7 cm³/mol. The number of pyridine rings is 1. The van der Waals surface area contributed by atoms with E-state index in [0.717, 1.165) is 30.0 Å². The van der Waals surface area contributed by atoms with Crippen LogP contribution in [0.1, 0.15) is 32.5 Å². The van der Waals surface area contributed by atoms with Crippen LogP contribution in [0.5, 0.6) is 0 Å². The molecule has 0 spiro atoms. The fourth-order valence-electron chi connectivity index (χ4n) is 3.31. The summed E-state index contributed by atoms with van der Waals surface area (Å²) in [6, 6.07) is 4.04. The maximum atomic E-state index is 4.72. The summed E-state index contributed by atoms with van der Waals surface area (Å²) in [4.78, 5) is 11.8. The maximum absolute atomic E-state index is 4.72. The third-order valence-corrected chi connectivity index (χ3v) is 4.39. The highest BCUT2D eigenvalue weighted by Crippen LogP contribution is 2.22. The molecule has 0 aromatic carbocycles. The van der Waals surface area contributed by atoms with Gasteiger partial charge in [0.2, 0.25) is 0 Å². The number of nitrogens with zero attached hydrogens (tertiary/aromatic N) is 4. The minimum atomic E-state index is 0.730. The number of aryl methyl sites for hydroxylation is 1. The molecule has 1 aliphatic heterocycles. The lowest BCUT2D eigenvalue weighted by molar-refractivity contribution is 0.170. The molecule has 1 saturated heterocycles. The lowest BCUT2D eigenvalue weighted by Crippen LogP contribution is -2.37. The molecule has 0 amide bonds. The molecule has 0 N–H and O–H groups in total. The van der Waals surface area contributed by atoms with Crippen molar-refractivity contribution in [1.29, 1.82) is 0 Å². The molecule has 4 heteroatoms. The Balaban J connectivity index is 1.86. The van der Waals surface area contributed by atoms with Crippen molar-refractivity contribution < 1.29 is 0 Å². The van der Waals surface area contributed by atoms with Gasteiger partial charge in [-0.05, 0) is 44.0 Å². The van der Waals surface area contributed by atoms with Crippen LogP contribution in [0.15, 0.2) is 18.3 Å². The van der Waals surface area contributed by atoms with Crippen molar-refractivity contribution in [3.63, 3.8) is 0 Å². The van der Waals surface area contributed by atoms with Gasteiger partial charge in [-0.25, -0.2) is 9.97 Å². The van der Waals surface area contributed by atoms with Gasteiger partial charge in [-0.15, -0.1) is 0 Å². The van der Waals surface area contributed by atoms with Gasteiger partial charge in [0.05, 0.1) is 0 Å². The summed E-state index contributed by atoms with van der Waals surface area (Å²) in [6.07, 6.45) is 5.49. The largest absolute Gasteiger partial charge is 0.312 e. The molecule has 0 aliphatic carbocycles. The molecule has 108 valence electrons. The van der Waals surface area contributed by atoms with E-state index >= 15 is 0 Å². The molecule has 4 nitrogen and oxygen atoms in total. The summed E-state index contributed by atoms with van der Waals surface area (Å²) >= 11 is 0. The molecule has 0 bridgehead atoms. The number of aromatic nitrogens is 3. The van der Waals surface area contributed by atoms with Crippen molar-refractivity contribution in [2.75, 3.05) is 19.6 Å². The maximum Gasteiger partial charge on any atom is 0.159 e. The van der Waals surface area contributed by atoms with Gasteiger partial charge >= 0.3 is 0 Å². The average Bonchev–Trinajstić information content (AvgIpc) is 2.85. The quantitative estimate of drug-likeness (QED) is 0.858. The van der Waals surface area contributed by atoms with E-state index < -0.39 is 0 Å². The van der Waals surface area contributed by atoms with E-state index in [9.17, 15) is 0 Å². The van der Waals surface area contributed by atoms with Crippen molar-refractivity contribution in [1.82, 2.24) is 19.4 Å². The summed E-state index contributed by atoms with van der Waals surface area (Å²) in [7, 11) is 0. The fraction of sp³-hybridized carbons (Fsp3) is 0.625. The second-order valence-electron chi connectivity index (χ2n) is 5.74. The highest BCUT2D eigenvalue weighted by atomic mass is 15.2. The van der Waals surface area contributed by atoms with Crippen LogP contribution in [0.25, 0.3) is 11.2 Å². The Hall–Kier alpha value is -1.42. The molecule has 20 heavy (non-hydrogen) atoms. The summed E-state index contributed by atoms with van der Waals surface area (Å²) in [5, 5.41) is 0. The number of fused-ring (bicyclic) bond motifs is 1. The second kappa shape index (κ2) is 5.92. The Labute approximate surface area is 120 Å². The molecule has 3 heterocycles. The smallest absolute Gasteiger partial charge is 0.159 e. The van der Waals surface area contributed by atoms with Gasteiger partial charge in [-0.2, -0.15) is 0 Å². The van der Waals surface area contributed by atoms with Crippen molar-refractivity contribution >= 4 is 11.2 Å². The minimum absolute atomic E-state index is 0.730. The van der Waals surface area contributed by atoms with Gasteiger partial charge in [0.25, 0.3) is 0 Å². The number of hydrogen-bond donors (Lipinski definition) is 0. The Bertz CT molecular complexity index is 575. The van der Waals surface area contributed by atoms with Crippen LogP contribution in [0, 0.1) is 5.92 Å². The zero-order valence-electron chi connectivity index (χ0n) is 12.5. The molecule has 3 rings (SSSR count). The van der Waals surface area contributed by atoms with Crippen molar-refractivity contribution in [2.24, 2.45) is 5.92 Å². The van der Waals surface area contributed by atoms with E-state index in [2.05, 4.69) is 34.4 Å². The summed E-state index contributed by atoms with van der Waals surface area (Å²) in [5.74, 6) is 1.90. The van der Waals surface area contributed by atoms with Gasteiger partial charge in [0.1, 0.15) is 11.3 Å². The zero-order valence-corrected chi connectivity index (χ0v) is 12.5. The average molecular weight is 272 g/mol. The topological polar surface area (TPSA) is 34.0 Å². The van der Waals surface area contributed by atoms with E-state index in [-0.39, 0.29) is 0 Å². The fourth-order valence-corrected chi connectivity index (χ4v) is 3.31. The standard InChI is InChI=1S/C16H24N4/c1-3-15-18-14-8-5-9-17-16(14)20(15)12-13-7-6-10-19(4-2)11-13/h5,8-9,13H,3-4,6-7,10-12H2,1-2H3. The minimum Gasteiger partial charge on any atom is -0.312 e. The monoisotopic (exact) mass is 272 g/mol. The van der Waals surface area contributed by atoms with E-state index in [1.165, 1.54) is 38.3 Å². The van der Waals surface area contributed by atoms with Gasteiger partial charge in [-0.1, -0.05) is 13.8 Å². The molecule has 0 radical (unpaired) electrons. The Morgan fingerprint density at radius 3 is 3.05 bits per heavy atom. The third-order valence-electron chi connectivity index (χ3n) is 4.39. The number of hydrogen-bond acceptors (Lipinski definition) is 3. The van der Waals surface area contributed by atoms with Crippen LogP contribution in [-0.4, -0.2) is 39.1 Å². The molecular formula is C16H24N4. The first-order valence-electron chi connectivity index (χ1n) is 7.84. The van der Waals surface area contributed by atoms with Crippen LogP contribution in [0.2, 0.25) is 0 Å². The SMILES string of the molecule is CCc1nc2cccnc2n1CC1CCCN(CC)C1. The number of likely N-dealkylation sites (tertiary alicyclic amines) is 1. The first-order valence-corrected chi connectivity index (χ1v) is 7.84. The molecule has 1 unspecified atom stereocenters. The predicted octanol–water partition coefficient (Wildman–Crippen LogP) is 2.73. The zero-order chi connectivity index (χ0) is 13.9. The lowest BCUT2D eigenvalue weighted by atomic mass is 9.98.